The Morgan fingerprint density at radius 1 is 0.340 bits per heavy atom. The van der Waals surface area contributed by atoms with Crippen molar-refractivity contribution in [2.45, 2.75) is 59.7 Å². The van der Waals surface area contributed by atoms with Crippen LogP contribution in [-0.4, -0.2) is 8.07 Å². The molecule has 0 aliphatic carbocycles. The summed E-state index contributed by atoms with van der Waals surface area (Å²) in [6, 6.07) is 51.7. The highest BCUT2D eigenvalue weighted by atomic mass is 28.3. The van der Waals surface area contributed by atoms with E-state index in [1.807, 2.05) is 0 Å². The Hall–Kier alpha value is -4.98. The molecular weight excluding hydrogens is 617 g/mol. The number of hydrogen-bond donors (Lipinski definition) is 0. The largest absolute Gasteiger partial charge is 0.0775 e. The first kappa shape index (κ1) is 32.2. The van der Waals surface area contributed by atoms with E-state index >= 15 is 0 Å². The van der Waals surface area contributed by atoms with Crippen molar-refractivity contribution < 1.29 is 0 Å². The van der Waals surface area contributed by atoms with Crippen LogP contribution in [0.1, 0.15) is 37.5 Å². The Morgan fingerprint density at radius 2 is 0.600 bits per heavy atom. The van der Waals surface area contributed by atoms with Gasteiger partial charge in [0, 0.05) is 0 Å². The fourth-order valence-electron chi connectivity index (χ4n) is 7.86. The van der Waals surface area contributed by atoms with Gasteiger partial charge in [0.15, 0.2) is 0 Å². The smallest absolute Gasteiger partial charge is 0.0656 e. The molecule has 0 saturated carbocycles. The van der Waals surface area contributed by atoms with Gasteiger partial charge < -0.3 is 0 Å². The second kappa shape index (κ2) is 12.7. The molecule has 8 rings (SSSR count). The van der Waals surface area contributed by atoms with Crippen LogP contribution in [0.25, 0.3) is 76.8 Å². The average Bonchev–Trinajstić information content (AvgIpc) is 3.16. The van der Waals surface area contributed by atoms with Gasteiger partial charge in [0.2, 0.25) is 0 Å². The van der Waals surface area contributed by atoms with E-state index in [1.54, 1.807) is 0 Å². The van der Waals surface area contributed by atoms with Crippen LogP contribution in [0, 0.1) is 0 Å². The number of rotatable bonds is 8. The van der Waals surface area contributed by atoms with Crippen LogP contribution in [-0.2, 0) is 19.3 Å². The third-order valence-electron chi connectivity index (χ3n) is 11.0. The van der Waals surface area contributed by atoms with Crippen LogP contribution < -0.4 is 5.19 Å². The summed E-state index contributed by atoms with van der Waals surface area (Å²) in [5.41, 5.74) is 14.4. The van der Waals surface area contributed by atoms with Crippen molar-refractivity contribution in [3.05, 3.63) is 150 Å². The maximum atomic E-state index is 2.46. The first-order valence-corrected chi connectivity index (χ1v) is 21.9. The Morgan fingerprint density at radius 3 is 0.840 bits per heavy atom. The van der Waals surface area contributed by atoms with Crippen LogP contribution in [0.4, 0.5) is 0 Å². The molecule has 0 bridgehead atoms. The Kier molecular flexibility index (Phi) is 8.20. The normalized spacial score (nSPS) is 12.0. The van der Waals surface area contributed by atoms with Gasteiger partial charge in [0.05, 0.1) is 8.07 Å². The van der Waals surface area contributed by atoms with Gasteiger partial charge in [-0.2, -0.15) is 0 Å². The summed E-state index contributed by atoms with van der Waals surface area (Å²) >= 11 is 0. The molecule has 0 saturated heterocycles. The third kappa shape index (κ3) is 5.55. The number of aryl methyl sites for hydroxylation is 3. The molecule has 8 aromatic carbocycles. The predicted octanol–water partition coefficient (Wildman–Crippen LogP) is 13.5. The van der Waals surface area contributed by atoms with E-state index in [2.05, 4.69) is 174 Å². The Balaban J connectivity index is 1.50. The van der Waals surface area contributed by atoms with Crippen molar-refractivity contribution in [3.8, 4) is 44.5 Å². The van der Waals surface area contributed by atoms with Crippen molar-refractivity contribution in [2.75, 3.05) is 0 Å². The van der Waals surface area contributed by atoms with Gasteiger partial charge in [0.25, 0.3) is 0 Å². The summed E-state index contributed by atoms with van der Waals surface area (Å²) in [6.07, 6.45) is 3.12. The first-order valence-electron chi connectivity index (χ1n) is 18.4. The average molecular weight is 663 g/mol. The second-order valence-electron chi connectivity index (χ2n) is 15.0. The topological polar surface area (TPSA) is 0 Å². The summed E-state index contributed by atoms with van der Waals surface area (Å²) in [5, 5.41) is 9.48. The molecule has 0 unspecified atom stereocenters. The maximum absolute atomic E-state index is 2.46. The van der Waals surface area contributed by atoms with Gasteiger partial charge in [-0.3, -0.25) is 0 Å². The van der Waals surface area contributed by atoms with Gasteiger partial charge in [-0.05, 0) is 125 Å². The molecule has 0 fully saturated rings. The number of hydrogen-bond acceptors (Lipinski definition) is 0. The molecule has 0 N–H and O–H groups in total. The molecule has 0 amide bonds. The Labute approximate surface area is 298 Å². The molecule has 0 spiro atoms. The summed E-state index contributed by atoms with van der Waals surface area (Å²) in [5.74, 6) is 0. The van der Waals surface area contributed by atoms with E-state index in [1.165, 1.54) is 98.7 Å². The highest BCUT2D eigenvalue weighted by molar-refractivity contribution is 6.88. The molecule has 50 heavy (non-hydrogen) atoms. The number of benzene rings is 8. The van der Waals surface area contributed by atoms with Crippen molar-refractivity contribution in [1.29, 1.82) is 0 Å². The summed E-state index contributed by atoms with van der Waals surface area (Å²) < 4.78 is 0. The third-order valence-corrected chi connectivity index (χ3v) is 13.0. The standard InChI is InChI=1S/C49H46Si/c1-7-32-10-16-35(17-11-32)44-30-45(36-18-12-33(8-2)13-19-36)41-28-29-43-47(38-22-24-39(25-23-38)50(4,5)6)31-46(37-20-14-34(9-3)15-21-37)42-27-26-40(44)48(41)49(42)43/h10-31H,7-9H2,1-6H3. The Bertz CT molecular complexity index is 2390. The van der Waals surface area contributed by atoms with E-state index in [0.29, 0.717) is 0 Å². The zero-order valence-corrected chi connectivity index (χ0v) is 31.3. The second-order valence-corrected chi connectivity index (χ2v) is 20.1. The van der Waals surface area contributed by atoms with Crippen molar-refractivity contribution in [3.63, 3.8) is 0 Å². The van der Waals surface area contributed by atoms with Crippen molar-refractivity contribution in [1.82, 2.24) is 0 Å². The van der Waals surface area contributed by atoms with E-state index in [-0.39, 0.29) is 0 Å². The highest BCUT2D eigenvalue weighted by Gasteiger charge is 2.22. The highest BCUT2D eigenvalue weighted by Crippen LogP contribution is 2.48. The van der Waals surface area contributed by atoms with Gasteiger partial charge in [0.1, 0.15) is 0 Å². The first-order chi connectivity index (χ1) is 24.3. The monoisotopic (exact) mass is 662 g/mol. The molecule has 0 nitrogen and oxygen atoms in total. The minimum absolute atomic E-state index is 1.04. The lowest BCUT2D eigenvalue weighted by atomic mass is 9.82. The van der Waals surface area contributed by atoms with Gasteiger partial charge in [-0.15, -0.1) is 0 Å². The molecule has 0 atom stereocenters. The fourth-order valence-corrected chi connectivity index (χ4v) is 9.02. The van der Waals surface area contributed by atoms with Crippen molar-refractivity contribution >= 4 is 45.6 Å². The van der Waals surface area contributed by atoms with E-state index < -0.39 is 8.07 Å². The zero-order chi connectivity index (χ0) is 34.6. The lowest BCUT2D eigenvalue weighted by Crippen LogP contribution is -2.37. The van der Waals surface area contributed by atoms with Crippen LogP contribution in [0.2, 0.25) is 19.6 Å². The van der Waals surface area contributed by atoms with E-state index in [0.717, 1.165) is 19.3 Å². The maximum Gasteiger partial charge on any atom is 0.0775 e. The van der Waals surface area contributed by atoms with E-state index in [9.17, 15) is 0 Å². The lowest BCUT2D eigenvalue weighted by molar-refractivity contribution is 1.14. The minimum atomic E-state index is -1.43. The molecule has 0 aliphatic rings. The summed E-state index contributed by atoms with van der Waals surface area (Å²) in [7, 11) is -1.43. The SMILES string of the molecule is CCc1ccc(-c2cc(-c3ccc(CC)cc3)c3ccc4c(-c5ccc([Si](C)(C)C)cc5)cc(-c5ccc(CC)cc5)c5ccc2c3c54)cc1. The van der Waals surface area contributed by atoms with Gasteiger partial charge in [-0.1, -0.05) is 167 Å². The van der Waals surface area contributed by atoms with Gasteiger partial charge in [-0.25, -0.2) is 0 Å². The molecule has 0 heterocycles. The lowest BCUT2D eigenvalue weighted by Gasteiger charge is -2.22. The van der Waals surface area contributed by atoms with Crippen molar-refractivity contribution in [2.24, 2.45) is 0 Å². The molecular formula is C49H46Si. The molecule has 246 valence electrons. The summed E-state index contributed by atoms with van der Waals surface area (Å²) in [6.45, 7) is 14.0. The molecule has 8 aromatic rings. The quantitative estimate of drug-likeness (QED) is 0.112. The van der Waals surface area contributed by atoms with Crippen LogP contribution in [0.5, 0.6) is 0 Å². The zero-order valence-electron chi connectivity index (χ0n) is 30.3. The summed E-state index contributed by atoms with van der Waals surface area (Å²) in [4.78, 5) is 0. The molecule has 1 heteroatoms. The fraction of sp³-hybridized carbons (Fsp3) is 0.184. The van der Waals surface area contributed by atoms with Crippen LogP contribution in [0.15, 0.2) is 133 Å². The van der Waals surface area contributed by atoms with Gasteiger partial charge >= 0.3 is 0 Å². The van der Waals surface area contributed by atoms with Crippen LogP contribution in [0.3, 0.4) is 0 Å². The van der Waals surface area contributed by atoms with E-state index in [4.69, 9.17) is 0 Å². The minimum Gasteiger partial charge on any atom is -0.0656 e. The molecule has 0 aliphatic heterocycles. The van der Waals surface area contributed by atoms with Crippen LogP contribution >= 0.6 is 0 Å². The predicted molar refractivity (Wildman–Crippen MR) is 223 cm³/mol. The molecule has 0 aromatic heterocycles. The molecule has 0 radical (unpaired) electrons.